The minimum Gasteiger partial charge on any atom is -0.360 e. The topological polar surface area (TPSA) is 57.5 Å². The maximum atomic E-state index is 13.5. The van der Waals surface area contributed by atoms with Crippen molar-refractivity contribution in [1.29, 1.82) is 0 Å². The fraction of sp³-hybridized carbons (Fsp3) is 0.462. The molecule has 0 unspecified atom stereocenters. The van der Waals surface area contributed by atoms with Crippen LogP contribution in [0.1, 0.15) is 16.8 Å². The minimum absolute atomic E-state index is 0.412. The number of carbonyl (C=O) groups excluding carboxylic acids is 1. The molecular weight excluding hydrogens is 356 g/mol. The predicted molar refractivity (Wildman–Crippen MR) is 63.4 cm³/mol. The first-order chi connectivity index (χ1) is 10.7. The highest BCUT2D eigenvalue weighted by atomic mass is 19.4. The summed E-state index contributed by atoms with van der Waals surface area (Å²) >= 11 is 0. The van der Waals surface area contributed by atoms with E-state index < -0.39 is 47.7 Å². The second-order valence-electron chi connectivity index (χ2n) is 4.86. The summed E-state index contributed by atoms with van der Waals surface area (Å²) in [5.41, 5.74) is -0.412. The van der Waals surface area contributed by atoms with E-state index in [1.54, 1.807) is 0 Å². The maximum Gasteiger partial charge on any atom is 0.383 e. The van der Waals surface area contributed by atoms with Gasteiger partial charge in [0.2, 0.25) is 5.79 Å². The van der Waals surface area contributed by atoms with Gasteiger partial charge in [0.05, 0.1) is 6.42 Å². The molecule has 0 spiro atoms. The molecule has 0 bridgehead atoms. The van der Waals surface area contributed by atoms with E-state index in [0.717, 1.165) is 12.1 Å². The Morgan fingerprint density at radius 3 is 1.79 bits per heavy atom. The quantitative estimate of drug-likeness (QED) is 0.443. The molecule has 136 valence electrons. The molecule has 0 atom stereocenters. The zero-order valence-corrected chi connectivity index (χ0v) is 11.5. The molecule has 0 aliphatic heterocycles. The normalized spacial score (nSPS) is 14.1. The predicted octanol–water partition coefficient (Wildman–Crippen LogP) is 3.11. The third kappa shape index (κ3) is 3.22. The number of carbonyl (C=O) groups is 1. The summed E-state index contributed by atoms with van der Waals surface area (Å²) in [5, 5.41) is 18.2. The molecule has 1 aromatic carbocycles. The summed E-state index contributed by atoms with van der Waals surface area (Å²) in [5.74, 6) is -26.4. The summed E-state index contributed by atoms with van der Waals surface area (Å²) < 4.78 is 103. The number of benzene rings is 1. The molecule has 0 aliphatic rings. The van der Waals surface area contributed by atoms with Gasteiger partial charge in [-0.1, -0.05) is 30.3 Å². The van der Waals surface area contributed by atoms with Crippen molar-refractivity contribution in [2.75, 3.05) is 0 Å². The van der Waals surface area contributed by atoms with E-state index in [-0.39, 0.29) is 0 Å². The molecule has 0 heterocycles. The van der Waals surface area contributed by atoms with Gasteiger partial charge in [0, 0.05) is 5.56 Å². The molecule has 2 N–H and O–H groups in total. The largest absolute Gasteiger partial charge is 0.383 e. The molecule has 0 saturated carbocycles. The Balaban J connectivity index is 3.17. The Bertz CT molecular complexity index is 586. The van der Waals surface area contributed by atoms with Crippen LogP contribution in [0.5, 0.6) is 0 Å². The van der Waals surface area contributed by atoms with Crippen LogP contribution in [0.3, 0.4) is 0 Å². The highest BCUT2D eigenvalue weighted by molar-refractivity contribution is 5.96. The monoisotopic (exact) mass is 366 g/mol. The van der Waals surface area contributed by atoms with Crippen molar-refractivity contribution in [2.45, 2.75) is 36.4 Å². The number of aliphatic hydroxyl groups is 2. The van der Waals surface area contributed by atoms with Gasteiger partial charge in [0.15, 0.2) is 5.78 Å². The minimum atomic E-state index is -6.84. The van der Waals surface area contributed by atoms with Crippen LogP contribution in [0.4, 0.5) is 35.1 Å². The lowest BCUT2D eigenvalue weighted by Crippen LogP contribution is -2.67. The standard InChI is InChI=1S/C13H10F8O3/c14-9(15)11(16,17)13(20,21)12(18,19)10(23,24)6-8(22)7-4-2-1-3-5-7/h1-5,9,23-24H,6H2. The van der Waals surface area contributed by atoms with Crippen LogP contribution in [-0.4, -0.2) is 46.0 Å². The molecule has 3 nitrogen and oxygen atoms in total. The SMILES string of the molecule is O=C(CC(O)(O)C(F)(F)C(F)(F)C(F)(F)C(F)F)c1ccccc1. The van der Waals surface area contributed by atoms with Crippen molar-refractivity contribution < 1.29 is 50.1 Å². The average Bonchev–Trinajstić information content (AvgIpc) is 2.46. The van der Waals surface area contributed by atoms with Gasteiger partial charge in [-0.15, -0.1) is 0 Å². The molecule has 0 radical (unpaired) electrons. The van der Waals surface area contributed by atoms with Gasteiger partial charge in [-0.2, -0.15) is 26.3 Å². The first kappa shape index (κ1) is 20.3. The molecular formula is C13H10F8O3. The molecule has 0 aromatic heterocycles. The molecule has 1 aromatic rings. The summed E-state index contributed by atoms with van der Waals surface area (Å²) in [6, 6.07) is 5.83. The Kier molecular flexibility index (Phi) is 5.31. The van der Waals surface area contributed by atoms with E-state index in [1.165, 1.54) is 18.2 Å². The number of hydrogen-bond donors (Lipinski definition) is 2. The number of halogens is 8. The fourth-order valence-electron chi connectivity index (χ4n) is 1.66. The Hall–Kier alpha value is -1.75. The number of rotatable bonds is 7. The van der Waals surface area contributed by atoms with Crippen molar-refractivity contribution >= 4 is 5.78 Å². The van der Waals surface area contributed by atoms with Gasteiger partial charge in [0.25, 0.3) is 0 Å². The van der Waals surface area contributed by atoms with Crippen molar-refractivity contribution in [2.24, 2.45) is 0 Å². The molecule has 11 heteroatoms. The highest BCUT2D eigenvalue weighted by Gasteiger charge is 2.81. The third-order valence-corrected chi connectivity index (χ3v) is 3.09. The summed E-state index contributed by atoms with van der Waals surface area (Å²) in [6.07, 6.45) is -7.34. The Morgan fingerprint density at radius 1 is 0.917 bits per heavy atom. The van der Waals surface area contributed by atoms with E-state index in [4.69, 9.17) is 10.2 Å². The first-order valence-electron chi connectivity index (χ1n) is 6.13. The maximum absolute atomic E-state index is 13.5. The van der Waals surface area contributed by atoms with Crippen LogP contribution < -0.4 is 0 Å². The lowest BCUT2D eigenvalue weighted by atomic mass is 9.91. The van der Waals surface area contributed by atoms with Gasteiger partial charge >= 0.3 is 24.2 Å². The summed E-state index contributed by atoms with van der Waals surface area (Å²) in [4.78, 5) is 11.6. The lowest BCUT2D eigenvalue weighted by Gasteiger charge is -2.38. The molecule has 0 fully saturated rings. The van der Waals surface area contributed by atoms with Crippen LogP contribution in [0.15, 0.2) is 30.3 Å². The molecule has 0 amide bonds. The summed E-state index contributed by atoms with van der Waals surface area (Å²) in [6.45, 7) is 0. The number of hydrogen-bond acceptors (Lipinski definition) is 3. The van der Waals surface area contributed by atoms with E-state index in [1.807, 2.05) is 0 Å². The van der Waals surface area contributed by atoms with Gasteiger partial charge < -0.3 is 10.2 Å². The van der Waals surface area contributed by atoms with Crippen LogP contribution in [0.2, 0.25) is 0 Å². The van der Waals surface area contributed by atoms with Gasteiger partial charge in [-0.3, -0.25) is 4.79 Å². The third-order valence-electron chi connectivity index (χ3n) is 3.09. The molecule has 1 rings (SSSR count). The van der Waals surface area contributed by atoms with Gasteiger partial charge in [-0.25, -0.2) is 8.78 Å². The average molecular weight is 366 g/mol. The Labute approximate surface area is 129 Å². The van der Waals surface area contributed by atoms with Crippen LogP contribution in [0, 0.1) is 0 Å². The van der Waals surface area contributed by atoms with Crippen molar-refractivity contribution in [3.63, 3.8) is 0 Å². The zero-order chi connectivity index (χ0) is 19.0. The Morgan fingerprint density at radius 2 is 1.38 bits per heavy atom. The molecule has 24 heavy (non-hydrogen) atoms. The second kappa shape index (κ2) is 6.28. The smallest absolute Gasteiger partial charge is 0.360 e. The zero-order valence-electron chi connectivity index (χ0n) is 11.5. The van der Waals surface area contributed by atoms with Crippen LogP contribution >= 0.6 is 0 Å². The van der Waals surface area contributed by atoms with Gasteiger partial charge in [-0.05, 0) is 0 Å². The van der Waals surface area contributed by atoms with E-state index in [2.05, 4.69) is 0 Å². The van der Waals surface area contributed by atoms with Gasteiger partial charge in [0.1, 0.15) is 0 Å². The second-order valence-corrected chi connectivity index (χ2v) is 4.86. The molecule has 0 saturated heterocycles. The van der Waals surface area contributed by atoms with E-state index in [9.17, 15) is 39.9 Å². The highest BCUT2D eigenvalue weighted by Crippen LogP contribution is 2.52. The van der Waals surface area contributed by atoms with E-state index in [0.29, 0.717) is 0 Å². The lowest BCUT2D eigenvalue weighted by molar-refractivity contribution is -0.410. The molecule has 0 aliphatic carbocycles. The van der Waals surface area contributed by atoms with Crippen LogP contribution in [0.25, 0.3) is 0 Å². The number of alkyl halides is 8. The number of ketones is 1. The van der Waals surface area contributed by atoms with Crippen LogP contribution in [-0.2, 0) is 0 Å². The van der Waals surface area contributed by atoms with Crippen molar-refractivity contribution in [1.82, 2.24) is 0 Å². The fourth-order valence-corrected chi connectivity index (χ4v) is 1.66. The van der Waals surface area contributed by atoms with E-state index >= 15 is 0 Å². The van der Waals surface area contributed by atoms with Crippen molar-refractivity contribution in [3.8, 4) is 0 Å². The first-order valence-corrected chi connectivity index (χ1v) is 6.13. The number of Topliss-reactive ketones (excluding diaryl/α,β-unsaturated/α-hetero) is 1. The van der Waals surface area contributed by atoms with Crippen molar-refractivity contribution in [3.05, 3.63) is 35.9 Å². The summed E-state index contributed by atoms with van der Waals surface area (Å²) in [7, 11) is 0.